The summed E-state index contributed by atoms with van der Waals surface area (Å²) in [5.41, 5.74) is 2.36. The average molecular weight is 417 g/mol. The highest BCUT2D eigenvalue weighted by Gasteiger charge is 2.15. The second-order valence-corrected chi connectivity index (χ2v) is 7.79. The van der Waals surface area contributed by atoms with Crippen LogP contribution in [-0.4, -0.2) is 25.5 Å². The SMILES string of the molecule is CC(C)CCOc1cccc(C(=O)Nc2cccc(C(=O)N(C)c3ccccc3)c2)c1. The van der Waals surface area contributed by atoms with Crippen molar-refractivity contribution in [2.75, 3.05) is 23.9 Å². The Morgan fingerprint density at radius 1 is 0.903 bits per heavy atom. The Labute approximate surface area is 183 Å². The van der Waals surface area contributed by atoms with Gasteiger partial charge in [0.2, 0.25) is 0 Å². The lowest BCUT2D eigenvalue weighted by Gasteiger charge is -2.17. The number of para-hydroxylation sites is 1. The van der Waals surface area contributed by atoms with Crippen molar-refractivity contribution in [1.29, 1.82) is 0 Å². The van der Waals surface area contributed by atoms with Crippen LogP contribution in [0.1, 0.15) is 41.0 Å². The number of nitrogens with zero attached hydrogens (tertiary/aromatic N) is 1. The molecule has 0 bridgehead atoms. The van der Waals surface area contributed by atoms with Crippen molar-refractivity contribution < 1.29 is 14.3 Å². The second-order valence-electron chi connectivity index (χ2n) is 7.79. The van der Waals surface area contributed by atoms with E-state index in [0.717, 1.165) is 12.1 Å². The molecule has 31 heavy (non-hydrogen) atoms. The number of hydrogen-bond acceptors (Lipinski definition) is 3. The molecule has 0 atom stereocenters. The van der Waals surface area contributed by atoms with E-state index in [0.29, 0.717) is 35.1 Å². The van der Waals surface area contributed by atoms with E-state index in [9.17, 15) is 9.59 Å². The maximum absolute atomic E-state index is 12.8. The first kappa shape index (κ1) is 22.1. The molecule has 0 fully saturated rings. The van der Waals surface area contributed by atoms with Crippen LogP contribution in [0, 0.1) is 5.92 Å². The second kappa shape index (κ2) is 10.4. The Hall–Kier alpha value is -3.60. The molecule has 0 aliphatic carbocycles. The summed E-state index contributed by atoms with van der Waals surface area (Å²) in [5.74, 6) is 0.822. The van der Waals surface area contributed by atoms with Crippen LogP contribution in [0.25, 0.3) is 0 Å². The Morgan fingerprint density at radius 3 is 2.35 bits per heavy atom. The van der Waals surface area contributed by atoms with Gasteiger partial charge in [0.05, 0.1) is 6.61 Å². The van der Waals surface area contributed by atoms with Gasteiger partial charge in [-0.25, -0.2) is 0 Å². The fourth-order valence-electron chi connectivity index (χ4n) is 3.04. The maximum Gasteiger partial charge on any atom is 0.258 e. The smallest absolute Gasteiger partial charge is 0.258 e. The van der Waals surface area contributed by atoms with Crippen molar-refractivity contribution in [1.82, 2.24) is 0 Å². The molecule has 0 heterocycles. The van der Waals surface area contributed by atoms with Crippen LogP contribution in [0.4, 0.5) is 11.4 Å². The molecular formula is C26H28N2O3. The Balaban J connectivity index is 1.68. The highest BCUT2D eigenvalue weighted by atomic mass is 16.5. The molecule has 160 valence electrons. The number of carbonyl (C=O) groups excluding carboxylic acids is 2. The van der Waals surface area contributed by atoms with Crippen molar-refractivity contribution in [2.45, 2.75) is 20.3 Å². The Morgan fingerprint density at radius 2 is 1.61 bits per heavy atom. The molecule has 0 radical (unpaired) electrons. The maximum atomic E-state index is 12.8. The van der Waals surface area contributed by atoms with E-state index in [1.807, 2.05) is 36.4 Å². The van der Waals surface area contributed by atoms with Gasteiger partial charge in [-0.2, -0.15) is 0 Å². The van der Waals surface area contributed by atoms with Gasteiger partial charge >= 0.3 is 0 Å². The summed E-state index contributed by atoms with van der Waals surface area (Å²) in [5, 5.41) is 2.87. The summed E-state index contributed by atoms with van der Waals surface area (Å²) < 4.78 is 5.75. The standard InChI is InChI=1S/C26H28N2O3/c1-19(2)15-16-31-24-14-8-9-20(18-24)25(29)27-22-11-7-10-21(17-22)26(30)28(3)23-12-5-4-6-13-23/h4-14,17-19H,15-16H2,1-3H3,(H,27,29). The number of rotatable bonds is 8. The van der Waals surface area contributed by atoms with E-state index in [1.54, 1.807) is 54.4 Å². The van der Waals surface area contributed by atoms with Gasteiger partial charge in [0.1, 0.15) is 5.75 Å². The highest BCUT2D eigenvalue weighted by molar-refractivity contribution is 6.08. The molecule has 3 aromatic rings. The normalized spacial score (nSPS) is 10.6. The van der Waals surface area contributed by atoms with E-state index in [-0.39, 0.29) is 11.8 Å². The highest BCUT2D eigenvalue weighted by Crippen LogP contribution is 2.19. The van der Waals surface area contributed by atoms with Gasteiger partial charge in [-0.05, 0) is 60.9 Å². The Kier molecular flexibility index (Phi) is 7.44. The summed E-state index contributed by atoms with van der Waals surface area (Å²) in [6.07, 6.45) is 0.953. The van der Waals surface area contributed by atoms with Crippen molar-refractivity contribution in [2.24, 2.45) is 5.92 Å². The van der Waals surface area contributed by atoms with Crippen molar-refractivity contribution in [3.8, 4) is 5.75 Å². The zero-order valence-corrected chi connectivity index (χ0v) is 18.2. The molecule has 5 heteroatoms. The number of benzene rings is 3. The molecular weight excluding hydrogens is 388 g/mol. The summed E-state index contributed by atoms with van der Waals surface area (Å²) in [4.78, 5) is 27.1. The first-order valence-electron chi connectivity index (χ1n) is 10.4. The van der Waals surface area contributed by atoms with Gasteiger partial charge in [-0.15, -0.1) is 0 Å². The lowest BCUT2D eigenvalue weighted by Crippen LogP contribution is -2.26. The van der Waals surface area contributed by atoms with E-state index in [1.165, 1.54) is 0 Å². The quantitative estimate of drug-likeness (QED) is 0.517. The summed E-state index contributed by atoms with van der Waals surface area (Å²) in [7, 11) is 1.73. The molecule has 0 unspecified atom stereocenters. The fraction of sp³-hybridized carbons (Fsp3) is 0.231. The van der Waals surface area contributed by atoms with Gasteiger partial charge < -0.3 is 15.0 Å². The molecule has 5 nitrogen and oxygen atoms in total. The number of anilines is 2. The third kappa shape index (κ3) is 6.19. The summed E-state index contributed by atoms with van der Waals surface area (Å²) in [6, 6.07) is 23.5. The molecule has 0 saturated carbocycles. The third-order valence-electron chi connectivity index (χ3n) is 4.88. The summed E-state index contributed by atoms with van der Waals surface area (Å²) >= 11 is 0. The molecule has 0 aromatic heterocycles. The van der Waals surface area contributed by atoms with Gasteiger partial charge in [0.25, 0.3) is 11.8 Å². The number of carbonyl (C=O) groups is 2. The lowest BCUT2D eigenvalue weighted by molar-refractivity contribution is 0.0990. The zero-order valence-electron chi connectivity index (χ0n) is 18.2. The molecule has 0 aliphatic rings. The van der Waals surface area contributed by atoms with Crippen LogP contribution in [0.3, 0.4) is 0 Å². The average Bonchev–Trinajstić information content (AvgIpc) is 2.79. The fourth-order valence-corrected chi connectivity index (χ4v) is 3.04. The van der Waals surface area contributed by atoms with Crippen LogP contribution in [-0.2, 0) is 0 Å². The molecule has 0 saturated heterocycles. The van der Waals surface area contributed by atoms with E-state index >= 15 is 0 Å². The van der Waals surface area contributed by atoms with Crippen LogP contribution in [0.15, 0.2) is 78.9 Å². The lowest BCUT2D eigenvalue weighted by atomic mass is 10.1. The van der Waals surface area contributed by atoms with E-state index in [4.69, 9.17) is 4.74 Å². The number of amides is 2. The topological polar surface area (TPSA) is 58.6 Å². The van der Waals surface area contributed by atoms with Crippen molar-refractivity contribution in [3.05, 3.63) is 90.0 Å². The number of hydrogen-bond donors (Lipinski definition) is 1. The van der Waals surface area contributed by atoms with Gasteiger partial charge in [0, 0.05) is 29.5 Å². The van der Waals surface area contributed by atoms with Crippen LogP contribution >= 0.6 is 0 Å². The minimum Gasteiger partial charge on any atom is -0.494 e. The summed E-state index contributed by atoms with van der Waals surface area (Å²) in [6.45, 7) is 4.90. The minimum absolute atomic E-state index is 0.150. The van der Waals surface area contributed by atoms with Gasteiger partial charge in [-0.1, -0.05) is 44.2 Å². The first-order chi connectivity index (χ1) is 14.9. The van der Waals surface area contributed by atoms with Gasteiger partial charge in [0.15, 0.2) is 0 Å². The van der Waals surface area contributed by atoms with Crippen LogP contribution < -0.4 is 15.0 Å². The predicted molar refractivity (Wildman–Crippen MR) is 125 cm³/mol. The van der Waals surface area contributed by atoms with Crippen molar-refractivity contribution in [3.63, 3.8) is 0 Å². The van der Waals surface area contributed by atoms with E-state index < -0.39 is 0 Å². The molecule has 3 aromatic carbocycles. The Bertz CT molecular complexity index is 1030. The third-order valence-corrected chi connectivity index (χ3v) is 4.88. The molecule has 0 aliphatic heterocycles. The molecule has 0 spiro atoms. The number of ether oxygens (including phenoxy) is 1. The zero-order chi connectivity index (χ0) is 22.2. The number of nitrogens with one attached hydrogen (secondary N) is 1. The first-order valence-corrected chi connectivity index (χ1v) is 10.4. The van der Waals surface area contributed by atoms with Crippen molar-refractivity contribution >= 4 is 23.2 Å². The molecule has 2 amide bonds. The molecule has 3 rings (SSSR count). The minimum atomic E-state index is -0.254. The largest absolute Gasteiger partial charge is 0.494 e. The van der Waals surface area contributed by atoms with Crippen LogP contribution in [0.5, 0.6) is 5.75 Å². The van der Waals surface area contributed by atoms with Crippen LogP contribution in [0.2, 0.25) is 0 Å². The van der Waals surface area contributed by atoms with E-state index in [2.05, 4.69) is 19.2 Å². The van der Waals surface area contributed by atoms with Gasteiger partial charge in [-0.3, -0.25) is 9.59 Å². The monoisotopic (exact) mass is 416 g/mol. The predicted octanol–water partition coefficient (Wildman–Crippen LogP) is 5.64. The molecule has 1 N–H and O–H groups in total.